The van der Waals surface area contributed by atoms with Crippen molar-refractivity contribution in [2.24, 2.45) is 17.1 Å². The van der Waals surface area contributed by atoms with Gasteiger partial charge in [0.25, 0.3) is 0 Å². The van der Waals surface area contributed by atoms with E-state index in [1.807, 2.05) is 20.8 Å². The van der Waals surface area contributed by atoms with Crippen molar-refractivity contribution in [3.05, 3.63) is 0 Å². The number of carbonyl (C=O) groups is 1. The molecular weight excluding hydrogens is 292 g/mol. The Bertz CT molecular complexity index is 359. The Morgan fingerprint density at radius 2 is 2.19 bits per heavy atom. The van der Waals surface area contributed by atoms with Gasteiger partial charge in [-0.15, -0.1) is 12.4 Å². The molecular formula is C15H29ClN2O3. The average molecular weight is 321 g/mol. The fourth-order valence-corrected chi connectivity index (χ4v) is 3.18. The van der Waals surface area contributed by atoms with Crippen LogP contribution in [0.2, 0.25) is 0 Å². The highest BCUT2D eigenvalue weighted by Gasteiger charge is 2.62. The lowest BCUT2D eigenvalue weighted by atomic mass is 9.54. The van der Waals surface area contributed by atoms with E-state index in [0.29, 0.717) is 25.5 Å². The Labute approximate surface area is 133 Å². The van der Waals surface area contributed by atoms with Gasteiger partial charge in [-0.2, -0.15) is 0 Å². The average Bonchev–Trinajstić information content (AvgIpc) is 2.45. The zero-order valence-corrected chi connectivity index (χ0v) is 14.1. The first-order valence-electron chi connectivity index (χ1n) is 7.68. The summed E-state index contributed by atoms with van der Waals surface area (Å²) in [5, 5.41) is 3.01. The lowest BCUT2D eigenvalue weighted by Crippen LogP contribution is -2.76. The second-order valence-electron chi connectivity index (χ2n) is 6.63. The number of nitrogens with one attached hydrogen (secondary N) is 1. The van der Waals surface area contributed by atoms with Gasteiger partial charge < -0.3 is 20.5 Å². The summed E-state index contributed by atoms with van der Waals surface area (Å²) < 4.78 is 11.1. The van der Waals surface area contributed by atoms with Gasteiger partial charge in [-0.3, -0.25) is 4.79 Å². The normalized spacial score (nSPS) is 34.5. The van der Waals surface area contributed by atoms with Crippen LogP contribution in [-0.4, -0.2) is 43.9 Å². The molecule has 3 N–H and O–H groups in total. The Hall–Kier alpha value is -0.360. The molecule has 2 fully saturated rings. The zero-order chi connectivity index (χ0) is 14.8. The van der Waals surface area contributed by atoms with E-state index in [9.17, 15) is 4.79 Å². The molecule has 0 aromatic carbocycles. The number of amides is 1. The predicted molar refractivity (Wildman–Crippen MR) is 84.5 cm³/mol. The van der Waals surface area contributed by atoms with Crippen LogP contribution < -0.4 is 11.1 Å². The van der Waals surface area contributed by atoms with Gasteiger partial charge >= 0.3 is 0 Å². The van der Waals surface area contributed by atoms with Crippen molar-refractivity contribution < 1.29 is 14.3 Å². The Morgan fingerprint density at radius 1 is 1.48 bits per heavy atom. The number of rotatable bonds is 5. The Kier molecular flexibility index (Phi) is 6.47. The van der Waals surface area contributed by atoms with Gasteiger partial charge in [0.05, 0.1) is 12.7 Å². The summed E-state index contributed by atoms with van der Waals surface area (Å²) >= 11 is 0. The summed E-state index contributed by atoms with van der Waals surface area (Å²) in [7, 11) is 0. The van der Waals surface area contributed by atoms with Crippen LogP contribution >= 0.6 is 12.4 Å². The quantitative estimate of drug-likeness (QED) is 0.805. The molecule has 2 aliphatic rings. The van der Waals surface area contributed by atoms with E-state index in [0.717, 1.165) is 26.1 Å². The van der Waals surface area contributed by atoms with Crippen LogP contribution in [0.1, 0.15) is 40.0 Å². The highest BCUT2D eigenvalue weighted by atomic mass is 35.5. The molecule has 124 valence electrons. The van der Waals surface area contributed by atoms with Gasteiger partial charge in [0, 0.05) is 31.6 Å². The predicted octanol–water partition coefficient (Wildman–Crippen LogP) is 1.48. The van der Waals surface area contributed by atoms with Crippen LogP contribution in [0.15, 0.2) is 0 Å². The van der Waals surface area contributed by atoms with Crippen molar-refractivity contribution >= 4 is 18.3 Å². The minimum atomic E-state index is -0.817. The maximum Gasteiger partial charge on any atom is 0.240 e. The fourth-order valence-electron chi connectivity index (χ4n) is 3.18. The number of hydrogen-bond donors (Lipinski definition) is 2. The molecule has 1 aliphatic carbocycles. The van der Waals surface area contributed by atoms with Crippen molar-refractivity contribution in [2.45, 2.75) is 51.7 Å². The van der Waals surface area contributed by atoms with Crippen LogP contribution in [0, 0.1) is 11.3 Å². The van der Waals surface area contributed by atoms with Crippen LogP contribution in [-0.2, 0) is 14.3 Å². The van der Waals surface area contributed by atoms with Crippen molar-refractivity contribution in [3.63, 3.8) is 0 Å². The highest BCUT2D eigenvalue weighted by Crippen LogP contribution is 2.49. The standard InChI is InChI=1S/C15H28N2O3.ClH/c1-4-20-12-8-15(16,14(12,2)3)13(18)17-9-11-6-5-7-19-10-11;/h11-12H,4-10,16H2,1-3H3,(H,17,18);1H. The lowest BCUT2D eigenvalue weighted by Gasteiger charge is -2.57. The third-order valence-corrected chi connectivity index (χ3v) is 5.04. The van der Waals surface area contributed by atoms with Crippen LogP contribution in [0.5, 0.6) is 0 Å². The van der Waals surface area contributed by atoms with E-state index >= 15 is 0 Å². The largest absolute Gasteiger partial charge is 0.381 e. The molecule has 3 unspecified atom stereocenters. The molecule has 0 spiro atoms. The zero-order valence-electron chi connectivity index (χ0n) is 13.3. The van der Waals surface area contributed by atoms with Crippen LogP contribution in [0.25, 0.3) is 0 Å². The van der Waals surface area contributed by atoms with Crippen molar-refractivity contribution in [3.8, 4) is 0 Å². The molecule has 0 radical (unpaired) electrons. The van der Waals surface area contributed by atoms with E-state index in [4.69, 9.17) is 15.2 Å². The van der Waals surface area contributed by atoms with Crippen molar-refractivity contribution in [1.82, 2.24) is 5.32 Å². The molecule has 1 saturated heterocycles. The number of nitrogens with two attached hydrogens (primary N) is 1. The molecule has 0 aromatic heterocycles. The number of halogens is 1. The molecule has 5 nitrogen and oxygen atoms in total. The molecule has 0 bridgehead atoms. The van der Waals surface area contributed by atoms with E-state index in [2.05, 4.69) is 5.32 Å². The monoisotopic (exact) mass is 320 g/mol. The second kappa shape index (κ2) is 7.27. The Morgan fingerprint density at radius 3 is 2.71 bits per heavy atom. The van der Waals surface area contributed by atoms with Gasteiger partial charge in [0.15, 0.2) is 0 Å². The van der Waals surface area contributed by atoms with E-state index in [-0.39, 0.29) is 29.8 Å². The third-order valence-electron chi connectivity index (χ3n) is 5.04. The first kappa shape index (κ1) is 18.7. The minimum Gasteiger partial charge on any atom is -0.381 e. The maximum absolute atomic E-state index is 12.4. The van der Waals surface area contributed by atoms with Gasteiger partial charge in [-0.25, -0.2) is 0 Å². The fraction of sp³-hybridized carbons (Fsp3) is 0.933. The first-order valence-corrected chi connectivity index (χ1v) is 7.68. The summed E-state index contributed by atoms with van der Waals surface area (Å²) in [6.45, 7) is 8.89. The summed E-state index contributed by atoms with van der Waals surface area (Å²) in [5.74, 6) is 0.367. The number of ether oxygens (including phenoxy) is 2. The molecule has 6 heteroatoms. The van der Waals surface area contributed by atoms with Gasteiger partial charge in [-0.1, -0.05) is 13.8 Å². The molecule has 2 rings (SSSR count). The van der Waals surface area contributed by atoms with Crippen molar-refractivity contribution in [2.75, 3.05) is 26.4 Å². The van der Waals surface area contributed by atoms with Crippen molar-refractivity contribution in [1.29, 1.82) is 0 Å². The maximum atomic E-state index is 12.4. The number of hydrogen-bond acceptors (Lipinski definition) is 4. The van der Waals surface area contributed by atoms with E-state index in [1.54, 1.807) is 0 Å². The molecule has 0 aromatic rings. The summed E-state index contributed by atoms with van der Waals surface area (Å²) in [4.78, 5) is 12.4. The first-order chi connectivity index (χ1) is 9.41. The molecule has 1 heterocycles. The molecule has 1 amide bonds. The van der Waals surface area contributed by atoms with Gasteiger partial charge in [0.2, 0.25) is 5.91 Å². The Balaban J connectivity index is 0.00000220. The SMILES string of the molecule is CCOC1CC(N)(C(=O)NCC2CCCOC2)C1(C)C.Cl. The van der Waals surface area contributed by atoms with E-state index in [1.165, 1.54) is 0 Å². The summed E-state index contributed by atoms with van der Waals surface area (Å²) in [6.07, 6.45) is 2.86. The minimum absolute atomic E-state index is 0. The highest BCUT2D eigenvalue weighted by molar-refractivity contribution is 5.88. The molecule has 1 saturated carbocycles. The van der Waals surface area contributed by atoms with Gasteiger partial charge in [0.1, 0.15) is 5.54 Å². The number of carbonyl (C=O) groups excluding carboxylic acids is 1. The van der Waals surface area contributed by atoms with E-state index < -0.39 is 5.54 Å². The lowest BCUT2D eigenvalue weighted by molar-refractivity contribution is -0.170. The smallest absolute Gasteiger partial charge is 0.240 e. The second-order valence-corrected chi connectivity index (χ2v) is 6.63. The molecule has 3 atom stereocenters. The van der Waals surface area contributed by atoms with Crippen LogP contribution in [0.4, 0.5) is 0 Å². The van der Waals surface area contributed by atoms with Gasteiger partial charge in [-0.05, 0) is 25.7 Å². The molecule has 21 heavy (non-hydrogen) atoms. The summed E-state index contributed by atoms with van der Waals surface area (Å²) in [6, 6.07) is 0. The topological polar surface area (TPSA) is 73.6 Å². The third kappa shape index (κ3) is 3.52. The summed E-state index contributed by atoms with van der Waals surface area (Å²) in [5.41, 5.74) is 5.20. The van der Waals surface area contributed by atoms with Crippen LogP contribution in [0.3, 0.4) is 0 Å². The molecule has 1 aliphatic heterocycles.